The van der Waals surface area contributed by atoms with E-state index in [9.17, 15) is 9.50 Å². The van der Waals surface area contributed by atoms with Gasteiger partial charge in [-0.2, -0.15) is 0 Å². The van der Waals surface area contributed by atoms with Crippen LogP contribution in [0.4, 0.5) is 4.39 Å². The number of aliphatic hydroxyl groups is 1. The van der Waals surface area contributed by atoms with Gasteiger partial charge in [0, 0.05) is 32.3 Å². The number of hydrogen-bond acceptors (Lipinski definition) is 3. The minimum Gasteiger partial charge on any atom is -0.386 e. The number of halogens is 2. The fourth-order valence-corrected chi connectivity index (χ4v) is 2.33. The molecule has 25 heavy (non-hydrogen) atoms. The number of guanidine groups is 1. The van der Waals surface area contributed by atoms with E-state index in [1.165, 1.54) is 18.9 Å². The molecule has 0 spiro atoms. The van der Waals surface area contributed by atoms with Crippen molar-refractivity contribution < 1.29 is 14.2 Å². The average molecular weight is 465 g/mol. The molecule has 1 aliphatic rings. The smallest absolute Gasteiger partial charge is 0.193 e. The maximum absolute atomic E-state index is 13.7. The van der Waals surface area contributed by atoms with Gasteiger partial charge in [-0.25, -0.2) is 4.39 Å². The lowest BCUT2D eigenvalue weighted by atomic mass is 10.1. The van der Waals surface area contributed by atoms with Gasteiger partial charge in [0.25, 0.3) is 0 Å². The topological polar surface area (TPSA) is 57.1 Å². The summed E-state index contributed by atoms with van der Waals surface area (Å²) < 4.78 is 19.3. The lowest BCUT2D eigenvalue weighted by Crippen LogP contribution is -2.41. The van der Waals surface area contributed by atoms with Crippen molar-refractivity contribution >= 4 is 29.9 Å². The number of hydrogen-bond donors (Lipinski definition) is 2. The summed E-state index contributed by atoms with van der Waals surface area (Å²) in [5.74, 6) is 1.03. The van der Waals surface area contributed by atoms with Gasteiger partial charge in [-0.15, -0.1) is 24.0 Å². The Bertz CT molecular complexity index is 541. The van der Waals surface area contributed by atoms with E-state index >= 15 is 0 Å². The van der Waals surface area contributed by atoms with E-state index in [1.54, 1.807) is 18.2 Å². The molecule has 0 amide bonds. The molecule has 1 unspecified atom stereocenters. The van der Waals surface area contributed by atoms with Crippen LogP contribution in [0.25, 0.3) is 0 Å². The van der Waals surface area contributed by atoms with Gasteiger partial charge in [0.2, 0.25) is 0 Å². The van der Waals surface area contributed by atoms with Gasteiger partial charge in [0.1, 0.15) is 11.9 Å². The van der Waals surface area contributed by atoms with Crippen LogP contribution in [-0.4, -0.2) is 55.9 Å². The fourth-order valence-electron chi connectivity index (χ4n) is 2.33. The van der Waals surface area contributed by atoms with Crippen molar-refractivity contribution in [3.8, 4) is 0 Å². The highest BCUT2D eigenvalue weighted by molar-refractivity contribution is 14.0. The first-order valence-electron chi connectivity index (χ1n) is 8.61. The van der Waals surface area contributed by atoms with Crippen LogP contribution >= 0.6 is 24.0 Å². The standard InChI is InChI=1S/C18H28FN3O2.HI/c1-3-20-18(22(2)10-11-24-13-14-8-9-14)21-12-17(23)15-6-4-5-7-16(15)19;/h4-7,14,17,23H,3,8-13H2,1-2H3,(H,20,21);1H. The quantitative estimate of drug-likeness (QED) is 0.255. The Balaban J connectivity index is 0.00000312. The molecule has 1 atom stereocenters. The van der Waals surface area contributed by atoms with Crippen LogP contribution in [0.1, 0.15) is 31.4 Å². The minimum atomic E-state index is -0.959. The predicted octanol–water partition coefficient (Wildman–Crippen LogP) is 2.80. The first-order chi connectivity index (χ1) is 11.6. The maximum Gasteiger partial charge on any atom is 0.193 e. The van der Waals surface area contributed by atoms with Crippen LogP contribution < -0.4 is 5.32 Å². The van der Waals surface area contributed by atoms with E-state index in [1.807, 2.05) is 18.9 Å². The zero-order valence-electron chi connectivity index (χ0n) is 14.9. The van der Waals surface area contributed by atoms with Crippen molar-refractivity contribution in [2.75, 3.05) is 39.9 Å². The number of likely N-dealkylation sites (N-methyl/N-ethyl adjacent to an activating group) is 1. The molecule has 1 saturated carbocycles. The van der Waals surface area contributed by atoms with Crippen molar-refractivity contribution in [3.63, 3.8) is 0 Å². The number of benzene rings is 1. The van der Waals surface area contributed by atoms with E-state index in [4.69, 9.17) is 4.74 Å². The lowest BCUT2D eigenvalue weighted by Gasteiger charge is -2.22. The van der Waals surface area contributed by atoms with Crippen molar-refractivity contribution in [2.24, 2.45) is 10.9 Å². The number of rotatable bonds is 9. The highest BCUT2D eigenvalue weighted by Crippen LogP contribution is 2.28. The third-order valence-corrected chi connectivity index (χ3v) is 4.00. The first kappa shape index (κ1) is 22.1. The molecule has 2 N–H and O–H groups in total. The van der Waals surface area contributed by atoms with Crippen molar-refractivity contribution in [1.29, 1.82) is 0 Å². The third kappa shape index (κ3) is 7.87. The normalized spacial score (nSPS) is 15.4. The summed E-state index contributed by atoms with van der Waals surface area (Å²) in [6.45, 7) is 5.02. The summed E-state index contributed by atoms with van der Waals surface area (Å²) in [7, 11) is 1.93. The van der Waals surface area contributed by atoms with Gasteiger partial charge in [-0.1, -0.05) is 18.2 Å². The van der Waals surface area contributed by atoms with Crippen LogP contribution in [0.5, 0.6) is 0 Å². The molecule has 0 aliphatic heterocycles. The fraction of sp³-hybridized carbons (Fsp3) is 0.611. The van der Waals surface area contributed by atoms with Gasteiger partial charge in [0.15, 0.2) is 5.96 Å². The Kier molecular flexibility index (Phi) is 10.3. The molecule has 1 aromatic rings. The summed E-state index contributed by atoms with van der Waals surface area (Å²) in [5, 5.41) is 13.3. The Morgan fingerprint density at radius 2 is 2.16 bits per heavy atom. The van der Waals surface area contributed by atoms with Crippen LogP contribution in [0.3, 0.4) is 0 Å². The Morgan fingerprint density at radius 1 is 1.44 bits per heavy atom. The SMILES string of the molecule is CCNC(=NCC(O)c1ccccc1F)N(C)CCOCC1CC1.I. The molecular weight excluding hydrogens is 436 g/mol. The number of ether oxygens (including phenoxy) is 1. The zero-order chi connectivity index (χ0) is 17.4. The first-order valence-corrected chi connectivity index (χ1v) is 8.61. The molecule has 1 aliphatic carbocycles. The van der Waals surface area contributed by atoms with Gasteiger partial charge in [-0.3, -0.25) is 4.99 Å². The van der Waals surface area contributed by atoms with Crippen molar-refractivity contribution in [3.05, 3.63) is 35.6 Å². The second kappa shape index (κ2) is 11.6. The zero-order valence-corrected chi connectivity index (χ0v) is 17.3. The molecule has 0 saturated heterocycles. The Hall–Kier alpha value is -0.930. The minimum absolute atomic E-state index is 0. The van der Waals surface area contributed by atoms with Gasteiger partial charge in [0.05, 0.1) is 13.2 Å². The highest BCUT2D eigenvalue weighted by Gasteiger charge is 2.21. The largest absolute Gasteiger partial charge is 0.386 e. The molecule has 1 fully saturated rings. The van der Waals surface area contributed by atoms with Crippen LogP contribution in [-0.2, 0) is 4.74 Å². The predicted molar refractivity (Wildman–Crippen MR) is 109 cm³/mol. The summed E-state index contributed by atoms with van der Waals surface area (Å²) in [6, 6.07) is 6.24. The molecule has 0 radical (unpaired) electrons. The lowest BCUT2D eigenvalue weighted by molar-refractivity contribution is 0.115. The highest BCUT2D eigenvalue weighted by atomic mass is 127. The van der Waals surface area contributed by atoms with Gasteiger partial charge in [-0.05, 0) is 31.7 Å². The molecular formula is C18H29FIN3O2. The van der Waals surface area contributed by atoms with Crippen molar-refractivity contribution in [2.45, 2.75) is 25.9 Å². The van der Waals surface area contributed by atoms with Crippen LogP contribution in [0, 0.1) is 11.7 Å². The molecule has 7 heteroatoms. The van der Waals surface area contributed by atoms with Crippen LogP contribution in [0.2, 0.25) is 0 Å². The molecule has 142 valence electrons. The van der Waals surface area contributed by atoms with E-state index in [0.29, 0.717) is 19.1 Å². The molecule has 2 rings (SSSR count). The molecule has 0 bridgehead atoms. The molecule has 0 heterocycles. The number of nitrogens with zero attached hydrogens (tertiary/aromatic N) is 2. The summed E-state index contributed by atoms with van der Waals surface area (Å²) >= 11 is 0. The van der Waals surface area contributed by atoms with Crippen molar-refractivity contribution in [1.82, 2.24) is 10.2 Å². The molecule has 5 nitrogen and oxygen atoms in total. The summed E-state index contributed by atoms with van der Waals surface area (Å²) in [5.41, 5.74) is 0.271. The third-order valence-electron chi connectivity index (χ3n) is 4.00. The van der Waals surface area contributed by atoms with E-state index in [-0.39, 0.29) is 36.1 Å². The Labute approximate surface area is 166 Å². The summed E-state index contributed by atoms with van der Waals surface area (Å²) in [4.78, 5) is 6.38. The van der Waals surface area contributed by atoms with Gasteiger partial charge < -0.3 is 20.1 Å². The number of aliphatic hydroxyl groups excluding tert-OH is 1. The number of nitrogens with one attached hydrogen (secondary N) is 1. The van der Waals surface area contributed by atoms with Gasteiger partial charge >= 0.3 is 0 Å². The Morgan fingerprint density at radius 3 is 2.80 bits per heavy atom. The number of aliphatic imine (C=N–C) groups is 1. The molecule has 1 aromatic carbocycles. The summed E-state index contributed by atoms with van der Waals surface area (Å²) in [6.07, 6.45) is 1.61. The second-order valence-electron chi connectivity index (χ2n) is 6.17. The van der Waals surface area contributed by atoms with Crippen LogP contribution in [0.15, 0.2) is 29.3 Å². The average Bonchev–Trinajstić information content (AvgIpc) is 3.39. The monoisotopic (exact) mass is 465 g/mol. The van der Waals surface area contributed by atoms with E-state index < -0.39 is 11.9 Å². The maximum atomic E-state index is 13.7. The van der Waals surface area contributed by atoms with E-state index in [0.717, 1.165) is 19.1 Å². The second-order valence-corrected chi connectivity index (χ2v) is 6.17. The van der Waals surface area contributed by atoms with E-state index in [2.05, 4.69) is 10.3 Å². The molecule has 0 aromatic heterocycles.